The normalized spacial score (nSPS) is 10.5. The molecule has 0 saturated heterocycles. The molecule has 0 unspecified atom stereocenters. The lowest BCUT2D eigenvalue weighted by Gasteiger charge is -2.07. The van der Waals surface area contributed by atoms with Crippen molar-refractivity contribution in [3.8, 4) is 0 Å². The van der Waals surface area contributed by atoms with E-state index in [0.717, 1.165) is 5.56 Å². The van der Waals surface area contributed by atoms with Crippen LogP contribution in [-0.2, 0) is 6.54 Å². The first kappa shape index (κ1) is 14.1. The van der Waals surface area contributed by atoms with Gasteiger partial charge in [0.2, 0.25) is 0 Å². The highest BCUT2D eigenvalue weighted by Gasteiger charge is 2.11. The average Bonchev–Trinajstić information content (AvgIpc) is 2.78. The molecular formula is C13H13BrClN3O. The number of nitrogens with one attached hydrogen (secondary N) is 1. The Kier molecular flexibility index (Phi) is 4.61. The molecule has 1 aromatic heterocycles. The number of hydrogen-bond acceptors (Lipinski definition) is 2. The fourth-order valence-corrected chi connectivity index (χ4v) is 2.23. The van der Waals surface area contributed by atoms with Gasteiger partial charge in [0, 0.05) is 17.2 Å². The smallest absolute Gasteiger partial charge is 0.252 e. The Morgan fingerprint density at radius 2 is 2.32 bits per heavy atom. The number of amides is 1. The SMILES string of the molecule is Cc1cnn(CCNC(=O)c2cccc(Br)c2Cl)c1. The van der Waals surface area contributed by atoms with E-state index < -0.39 is 0 Å². The molecule has 0 radical (unpaired) electrons. The Balaban J connectivity index is 1.93. The highest BCUT2D eigenvalue weighted by atomic mass is 79.9. The Hall–Kier alpha value is -1.33. The average molecular weight is 343 g/mol. The number of aryl methyl sites for hydroxylation is 1. The van der Waals surface area contributed by atoms with E-state index in [-0.39, 0.29) is 5.91 Å². The van der Waals surface area contributed by atoms with Gasteiger partial charge in [-0.2, -0.15) is 5.10 Å². The summed E-state index contributed by atoms with van der Waals surface area (Å²) in [6, 6.07) is 5.27. The lowest BCUT2D eigenvalue weighted by Crippen LogP contribution is -2.27. The molecule has 0 atom stereocenters. The Morgan fingerprint density at radius 1 is 1.53 bits per heavy atom. The summed E-state index contributed by atoms with van der Waals surface area (Å²) in [6.07, 6.45) is 3.71. The highest BCUT2D eigenvalue weighted by molar-refractivity contribution is 9.10. The van der Waals surface area contributed by atoms with Crippen LogP contribution in [0.25, 0.3) is 0 Å². The minimum absolute atomic E-state index is 0.185. The summed E-state index contributed by atoms with van der Waals surface area (Å²) < 4.78 is 2.50. The van der Waals surface area contributed by atoms with Crippen LogP contribution >= 0.6 is 27.5 Å². The third kappa shape index (κ3) is 3.58. The third-order valence-corrected chi connectivity index (χ3v) is 3.88. The lowest BCUT2D eigenvalue weighted by molar-refractivity contribution is 0.0952. The molecule has 2 rings (SSSR count). The van der Waals surface area contributed by atoms with Crippen LogP contribution in [0.2, 0.25) is 5.02 Å². The number of rotatable bonds is 4. The van der Waals surface area contributed by atoms with Crippen molar-refractivity contribution in [2.45, 2.75) is 13.5 Å². The van der Waals surface area contributed by atoms with E-state index in [2.05, 4.69) is 26.3 Å². The molecule has 4 nitrogen and oxygen atoms in total. The second-order valence-electron chi connectivity index (χ2n) is 4.14. The van der Waals surface area contributed by atoms with Gasteiger partial charge >= 0.3 is 0 Å². The fraction of sp³-hybridized carbons (Fsp3) is 0.231. The predicted octanol–water partition coefficient (Wildman–Crippen LogP) is 3.04. The zero-order valence-corrected chi connectivity index (χ0v) is 12.7. The summed E-state index contributed by atoms with van der Waals surface area (Å²) in [5.41, 5.74) is 1.56. The second-order valence-corrected chi connectivity index (χ2v) is 5.37. The van der Waals surface area contributed by atoms with Gasteiger partial charge in [-0.05, 0) is 40.5 Å². The maximum Gasteiger partial charge on any atom is 0.252 e. The van der Waals surface area contributed by atoms with E-state index in [9.17, 15) is 4.79 Å². The second kappa shape index (κ2) is 6.21. The Bertz CT molecular complexity index is 597. The number of carbonyl (C=O) groups is 1. The summed E-state index contributed by atoms with van der Waals surface area (Å²) >= 11 is 9.36. The van der Waals surface area contributed by atoms with Gasteiger partial charge in [0.1, 0.15) is 0 Å². The molecule has 0 fully saturated rings. The molecule has 2 aromatic rings. The van der Waals surface area contributed by atoms with Gasteiger partial charge in [-0.15, -0.1) is 0 Å². The van der Waals surface area contributed by atoms with Gasteiger partial charge < -0.3 is 5.32 Å². The summed E-state index contributed by atoms with van der Waals surface area (Å²) in [5.74, 6) is -0.185. The van der Waals surface area contributed by atoms with Crippen LogP contribution in [0.5, 0.6) is 0 Å². The summed E-state index contributed by atoms with van der Waals surface area (Å²) in [4.78, 5) is 12.0. The lowest BCUT2D eigenvalue weighted by atomic mass is 10.2. The van der Waals surface area contributed by atoms with E-state index in [1.165, 1.54) is 0 Å². The van der Waals surface area contributed by atoms with E-state index in [0.29, 0.717) is 28.1 Å². The first-order valence-corrected chi connectivity index (χ1v) is 6.96. The molecule has 0 aliphatic carbocycles. The monoisotopic (exact) mass is 341 g/mol. The summed E-state index contributed by atoms with van der Waals surface area (Å²) in [7, 11) is 0. The van der Waals surface area contributed by atoms with E-state index in [1.54, 1.807) is 29.1 Å². The van der Waals surface area contributed by atoms with Gasteiger partial charge in [0.15, 0.2) is 0 Å². The first-order valence-electron chi connectivity index (χ1n) is 5.79. The molecule has 6 heteroatoms. The van der Waals surface area contributed by atoms with E-state index in [1.807, 2.05) is 13.1 Å². The van der Waals surface area contributed by atoms with Crippen molar-refractivity contribution in [3.05, 3.63) is 51.2 Å². The van der Waals surface area contributed by atoms with Gasteiger partial charge in [0.25, 0.3) is 5.91 Å². The standard InChI is InChI=1S/C13H13BrClN3O/c1-9-7-17-18(8-9)6-5-16-13(19)10-3-2-4-11(14)12(10)15/h2-4,7-8H,5-6H2,1H3,(H,16,19). The zero-order valence-electron chi connectivity index (χ0n) is 10.4. The number of aromatic nitrogens is 2. The van der Waals surface area contributed by atoms with Crippen LogP contribution in [0.1, 0.15) is 15.9 Å². The van der Waals surface area contributed by atoms with E-state index in [4.69, 9.17) is 11.6 Å². The Labute approximate surface area is 124 Å². The minimum Gasteiger partial charge on any atom is -0.350 e. The molecule has 0 spiro atoms. The van der Waals surface area contributed by atoms with Gasteiger partial charge in [-0.25, -0.2) is 0 Å². The van der Waals surface area contributed by atoms with Crippen molar-refractivity contribution in [1.82, 2.24) is 15.1 Å². The molecule has 1 aromatic carbocycles. The van der Waals surface area contributed by atoms with Crippen LogP contribution in [0.15, 0.2) is 35.1 Å². The van der Waals surface area contributed by atoms with Gasteiger partial charge in [0.05, 0.1) is 23.3 Å². The van der Waals surface area contributed by atoms with Crippen LogP contribution < -0.4 is 5.32 Å². The van der Waals surface area contributed by atoms with Crippen molar-refractivity contribution >= 4 is 33.4 Å². The van der Waals surface area contributed by atoms with Crippen molar-refractivity contribution < 1.29 is 4.79 Å². The largest absolute Gasteiger partial charge is 0.350 e. The molecule has 19 heavy (non-hydrogen) atoms. The van der Waals surface area contributed by atoms with Crippen molar-refractivity contribution in [3.63, 3.8) is 0 Å². The maximum absolute atomic E-state index is 12.0. The van der Waals surface area contributed by atoms with Gasteiger partial charge in [-0.1, -0.05) is 17.7 Å². The number of carbonyl (C=O) groups excluding carboxylic acids is 1. The molecule has 0 aliphatic heterocycles. The van der Waals surface area contributed by atoms with E-state index >= 15 is 0 Å². The van der Waals surface area contributed by atoms with Gasteiger partial charge in [-0.3, -0.25) is 9.48 Å². The number of benzene rings is 1. The molecule has 0 saturated carbocycles. The summed E-state index contributed by atoms with van der Waals surface area (Å²) in [6.45, 7) is 3.11. The zero-order chi connectivity index (χ0) is 13.8. The number of nitrogens with zero attached hydrogens (tertiary/aromatic N) is 2. The molecular weight excluding hydrogens is 330 g/mol. The van der Waals surface area contributed by atoms with Crippen molar-refractivity contribution in [2.24, 2.45) is 0 Å². The third-order valence-electron chi connectivity index (χ3n) is 2.59. The highest BCUT2D eigenvalue weighted by Crippen LogP contribution is 2.25. The first-order chi connectivity index (χ1) is 9.08. The van der Waals surface area contributed by atoms with Crippen LogP contribution in [0, 0.1) is 6.92 Å². The quantitative estimate of drug-likeness (QED) is 0.928. The van der Waals surface area contributed by atoms with Crippen LogP contribution in [0.3, 0.4) is 0 Å². The summed E-state index contributed by atoms with van der Waals surface area (Å²) in [5, 5.41) is 7.39. The van der Waals surface area contributed by atoms with Crippen molar-refractivity contribution in [2.75, 3.05) is 6.54 Å². The van der Waals surface area contributed by atoms with Crippen LogP contribution in [-0.4, -0.2) is 22.2 Å². The topological polar surface area (TPSA) is 46.9 Å². The number of halogens is 2. The Morgan fingerprint density at radius 3 is 3.00 bits per heavy atom. The van der Waals surface area contributed by atoms with Crippen molar-refractivity contribution in [1.29, 1.82) is 0 Å². The minimum atomic E-state index is -0.185. The molecule has 1 amide bonds. The molecule has 1 N–H and O–H groups in total. The number of hydrogen-bond donors (Lipinski definition) is 1. The fourth-order valence-electron chi connectivity index (χ4n) is 1.65. The molecule has 0 aliphatic rings. The molecule has 100 valence electrons. The molecule has 1 heterocycles. The van der Waals surface area contributed by atoms with Crippen LogP contribution in [0.4, 0.5) is 0 Å². The molecule has 0 bridgehead atoms. The maximum atomic E-state index is 12.0. The predicted molar refractivity (Wildman–Crippen MR) is 78.4 cm³/mol.